The number of hydrogen-bond donors (Lipinski definition) is 0. The SMILES string of the molecule is COc1cccc(OC)c1C(=O)C=C(C)CC(C)(C)C. The summed E-state index contributed by atoms with van der Waals surface area (Å²) < 4.78 is 10.5. The van der Waals surface area contributed by atoms with Crippen molar-refractivity contribution in [2.24, 2.45) is 5.41 Å². The van der Waals surface area contributed by atoms with E-state index in [0.29, 0.717) is 17.1 Å². The molecular formula is C17H24O3. The maximum Gasteiger partial charge on any atom is 0.193 e. The second kappa shape index (κ2) is 6.60. The fraction of sp³-hybridized carbons (Fsp3) is 0.471. The molecule has 0 saturated carbocycles. The molecule has 0 unspecified atom stereocenters. The molecule has 3 heteroatoms. The van der Waals surface area contributed by atoms with Crippen LogP contribution in [0.5, 0.6) is 11.5 Å². The van der Waals surface area contributed by atoms with Crippen molar-refractivity contribution in [3.8, 4) is 11.5 Å². The van der Waals surface area contributed by atoms with Gasteiger partial charge in [-0.05, 0) is 37.0 Å². The summed E-state index contributed by atoms with van der Waals surface area (Å²) in [6.45, 7) is 8.43. The van der Waals surface area contributed by atoms with Crippen LogP contribution in [-0.2, 0) is 0 Å². The van der Waals surface area contributed by atoms with Gasteiger partial charge in [-0.3, -0.25) is 4.79 Å². The summed E-state index contributed by atoms with van der Waals surface area (Å²) in [5, 5.41) is 0. The average Bonchev–Trinajstić information content (AvgIpc) is 2.35. The predicted octanol–water partition coefficient (Wildman–Crippen LogP) is 4.27. The van der Waals surface area contributed by atoms with Crippen molar-refractivity contribution in [1.82, 2.24) is 0 Å². The molecule has 1 aromatic carbocycles. The zero-order chi connectivity index (χ0) is 15.3. The molecule has 0 aliphatic heterocycles. The van der Waals surface area contributed by atoms with Crippen molar-refractivity contribution in [3.63, 3.8) is 0 Å². The van der Waals surface area contributed by atoms with Crippen molar-refractivity contribution in [2.75, 3.05) is 14.2 Å². The Bertz CT molecular complexity index is 485. The molecule has 0 bridgehead atoms. The predicted molar refractivity (Wildman–Crippen MR) is 81.7 cm³/mol. The number of carbonyl (C=O) groups is 1. The lowest BCUT2D eigenvalue weighted by molar-refractivity contribution is 0.104. The summed E-state index contributed by atoms with van der Waals surface area (Å²) >= 11 is 0. The van der Waals surface area contributed by atoms with Crippen LogP contribution in [0.3, 0.4) is 0 Å². The van der Waals surface area contributed by atoms with Crippen LogP contribution in [0.2, 0.25) is 0 Å². The summed E-state index contributed by atoms with van der Waals surface area (Å²) in [5.74, 6) is 0.990. The molecule has 0 radical (unpaired) electrons. The molecule has 0 atom stereocenters. The molecule has 0 N–H and O–H groups in total. The molecule has 1 aromatic rings. The summed E-state index contributed by atoms with van der Waals surface area (Å²) in [6, 6.07) is 5.34. The second-order valence-corrected chi connectivity index (χ2v) is 6.13. The number of ketones is 1. The normalized spacial score (nSPS) is 12.2. The number of benzene rings is 1. The van der Waals surface area contributed by atoms with E-state index < -0.39 is 0 Å². The van der Waals surface area contributed by atoms with Gasteiger partial charge in [0.15, 0.2) is 5.78 Å². The van der Waals surface area contributed by atoms with E-state index in [9.17, 15) is 4.79 Å². The molecule has 0 aliphatic rings. The van der Waals surface area contributed by atoms with Crippen LogP contribution in [0.1, 0.15) is 44.5 Å². The molecule has 0 spiro atoms. The van der Waals surface area contributed by atoms with Crippen LogP contribution in [0, 0.1) is 5.41 Å². The number of ether oxygens (including phenoxy) is 2. The van der Waals surface area contributed by atoms with Crippen LogP contribution < -0.4 is 9.47 Å². The third kappa shape index (κ3) is 4.41. The van der Waals surface area contributed by atoms with Gasteiger partial charge in [0.25, 0.3) is 0 Å². The van der Waals surface area contributed by atoms with Crippen molar-refractivity contribution < 1.29 is 14.3 Å². The Hall–Kier alpha value is -1.77. The summed E-state index contributed by atoms with van der Waals surface area (Å²) in [4.78, 5) is 12.5. The first-order valence-corrected chi connectivity index (χ1v) is 6.71. The Balaban J connectivity index is 3.12. The van der Waals surface area contributed by atoms with E-state index in [1.54, 1.807) is 38.5 Å². The van der Waals surface area contributed by atoms with Gasteiger partial charge in [0.1, 0.15) is 17.1 Å². The Morgan fingerprint density at radius 3 is 2.05 bits per heavy atom. The Kier molecular flexibility index (Phi) is 5.37. The molecule has 0 aliphatic carbocycles. The van der Waals surface area contributed by atoms with E-state index in [4.69, 9.17) is 9.47 Å². The lowest BCUT2D eigenvalue weighted by atomic mass is 9.88. The van der Waals surface area contributed by atoms with E-state index in [1.807, 2.05) is 6.92 Å². The van der Waals surface area contributed by atoms with Gasteiger partial charge in [-0.25, -0.2) is 0 Å². The van der Waals surface area contributed by atoms with E-state index in [-0.39, 0.29) is 11.2 Å². The van der Waals surface area contributed by atoms with E-state index in [2.05, 4.69) is 20.8 Å². The fourth-order valence-corrected chi connectivity index (χ4v) is 2.28. The van der Waals surface area contributed by atoms with Crippen molar-refractivity contribution in [3.05, 3.63) is 35.4 Å². The first-order valence-electron chi connectivity index (χ1n) is 6.71. The first-order chi connectivity index (χ1) is 9.28. The Morgan fingerprint density at radius 1 is 1.15 bits per heavy atom. The highest BCUT2D eigenvalue weighted by Gasteiger charge is 2.17. The minimum Gasteiger partial charge on any atom is -0.496 e. The first kappa shape index (κ1) is 16.3. The fourth-order valence-electron chi connectivity index (χ4n) is 2.28. The smallest absolute Gasteiger partial charge is 0.193 e. The average molecular weight is 276 g/mol. The quantitative estimate of drug-likeness (QED) is 0.595. The highest BCUT2D eigenvalue weighted by Crippen LogP contribution is 2.30. The van der Waals surface area contributed by atoms with Crippen LogP contribution in [0.15, 0.2) is 29.8 Å². The van der Waals surface area contributed by atoms with Crippen LogP contribution in [-0.4, -0.2) is 20.0 Å². The maximum atomic E-state index is 12.5. The minimum atomic E-state index is -0.0824. The largest absolute Gasteiger partial charge is 0.496 e. The lowest BCUT2D eigenvalue weighted by Gasteiger charge is -2.18. The summed E-state index contributed by atoms with van der Waals surface area (Å²) in [7, 11) is 3.11. The van der Waals surface area contributed by atoms with Gasteiger partial charge in [0.05, 0.1) is 14.2 Å². The highest BCUT2D eigenvalue weighted by molar-refractivity contribution is 6.09. The Labute approximate surface area is 121 Å². The molecule has 3 nitrogen and oxygen atoms in total. The standard InChI is InChI=1S/C17H24O3/c1-12(11-17(2,3)4)10-13(18)16-14(19-5)8-7-9-15(16)20-6/h7-10H,11H2,1-6H3. The third-order valence-electron chi connectivity index (χ3n) is 2.86. The number of allylic oxidation sites excluding steroid dienone is 2. The number of rotatable bonds is 5. The molecule has 0 heterocycles. The number of hydrogen-bond acceptors (Lipinski definition) is 3. The molecule has 0 fully saturated rings. The molecule has 1 rings (SSSR count). The van der Waals surface area contributed by atoms with Gasteiger partial charge in [0, 0.05) is 0 Å². The van der Waals surface area contributed by atoms with Crippen LogP contribution >= 0.6 is 0 Å². The van der Waals surface area contributed by atoms with E-state index in [0.717, 1.165) is 12.0 Å². The van der Waals surface area contributed by atoms with Gasteiger partial charge in [-0.1, -0.05) is 32.4 Å². The molecule has 0 saturated heterocycles. The number of carbonyl (C=O) groups excluding carboxylic acids is 1. The molecular weight excluding hydrogens is 252 g/mol. The van der Waals surface area contributed by atoms with Crippen molar-refractivity contribution in [2.45, 2.75) is 34.1 Å². The minimum absolute atomic E-state index is 0.0824. The van der Waals surface area contributed by atoms with Crippen LogP contribution in [0.4, 0.5) is 0 Å². The second-order valence-electron chi connectivity index (χ2n) is 6.13. The zero-order valence-corrected chi connectivity index (χ0v) is 13.2. The van der Waals surface area contributed by atoms with Gasteiger partial charge < -0.3 is 9.47 Å². The van der Waals surface area contributed by atoms with E-state index in [1.165, 1.54) is 0 Å². The molecule has 20 heavy (non-hydrogen) atoms. The summed E-state index contributed by atoms with van der Waals surface area (Å²) in [6.07, 6.45) is 2.54. The van der Waals surface area contributed by atoms with E-state index >= 15 is 0 Å². The lowest BCUT2D eigenvalue weighted by Crippen LogP contribution is -2.07. The molecule has 110 valence electrons. The maximum absolute atomic E-state index is 12.5. The van der Waals surface area contributed by atoms with Gasteiger partial charge in [-0.2, -0.15) is 0 Å². The van der Waals surface area contributed by atoms with Gasteiger partial charge in [-0.15, -0.1) is 0 Å². The van der Waals surface area contributed by atoms with Gasteiger partial charge >= 0.3 is 0 Å². The van der Waals surface area contributed by atoms with Gasteiger partial charge in [0.2, 0.25) is 0 Å². The third-order valence-corrected chi connectivity index (χ3v) is 2.86. The zero-order valence-electron chi connectivity index (χ0n) is 13.2. The Morgan fingerprint density at radius 2 is 1.65 bits per heavy atom. The topological polar surface area (TPSA) is 35.5 Å². The number of methoxy groups -OCH3 is 2. The molecule has 0 aromatic heterocycles. The molecule has 0 amide bonds. The summed E-state index contributed by atoms with van der Waals surface area (Å²) in [5.41, 5.74) is 1.69. The monoisotopic (exact) mass is 276 g/mol. The highest BCUT2D eigenvalue weighted by atomic mass is 16.5. The van der Waals surface area contributed by atoms with Crippen LogP contribution in [0.25, 0.3) is 0 Å². The van der Waals surface area contributed by atoms with Crippen molar-refractivity contribution in [1.29, 1.82) is 0 Å². The van der Waals surface area contributed by atoms with Crippen molar-refractivity contribution >= 4 is 5.78 Å².